The summed E-state index contributed by atoms with van der Waals surface area (Å²) < 4.78 is 10.9. The van der Waals surface area contributed by atoms with E-state index in [9.17, 15) is 5.11 Å². The average molecular weight is 337 g/mol. The van der Waals surface area contributed by atoms with Crippen LogP contribution >= 0.6 is 0 Å². The van der Waals surface area contributed by atoms with E-state index < -0.39 is 18.0 Å². The number of hydrogen-bond acceptors (Lipinski definition) is 6. The highest BCUT2D eigenvalue weighted by Crippen LogP contribution is 2.06. The zero-order valence-electron chi connectivity index (χ0n) is 14.7. The fourth-order valence-electron chi connectivity index (χ4n) is 1.19. The van der Waals surface area contributed by atoms with Crippen LogP contribution in [0.2, 0.25) is 0 Å². The molecule has 0 rings (SSSR count). The Kier molecular flexibility index (Phi) is 13.8. The van der Waals surface area contributed by atoms with Crippen molar-refractivity contribution in [3.63, 3.8) is 0 Å². The molecule has 0 saturated heterocycles. The zero-order valence-corrected chi connectivity index (χ0v) is 14.7. The van der Waals surface area contributed by atoms with E-state index in [2.05, 4.69) is 5.32 Å². The number of carbonyl (C=O) groups is 2. The van der Waals surface area contributed by atoms with E-state index in [1.54, 1.807) is 0 Å². The van der Waals surface area contributed by atoms with E-state index >= 15 is 0 Å². The van der Waals surface area contributed by atoms with E-state index in [0.29, 0.717) is 19.3 Å². The number of ether oxygens (including phenoxy) is 2. The Morgan fingerprint density at radius 3 is 2.04 bits per heavy atom. The molecular formula is C15H31NO7. The molecule has 138 valence electrons. The Balaban J connectivity index is 0. The predicted octanol–water partition coefficient (Wildman–Crippen LogP) is 0.723. The van der Waals surface area contributed by atoms with E-state index in [1.165, 1.54) is 0 Å². The van der Waals surface area contributed by atoms with E-state index in [0.717, 1.165) is 19.6 Å². The molecule has 0 heterocycles. The SMILES string of the molecule is CC(C)OCCCNCC(O)COC(C)(C)C.O=C(O)C(=O)O. The van der Waals surface area contributed by atoms with Gasteiger partial charge < -0.3 is 30.1 Å². The fraction of sp³-hybridized carbons (Fsp3) is 0.867. The van der Waals surface area contributed by atoms with Crippen LogP contribution in [0.5, 0.6) is 0 Å². The number of rotatable bonds is 9. The van der Waals surface area contributed by atoms with Gasteiger partial charge in [0.05, 0.1) is 24.4 Å². The van der Waals surface area contributed by atoms with Crippen molar-refractivity contribution < 1.29 is 34.4 Å². The third-order valence-electron chi connectivity index (χ3n) is 2.22. The highest BCUT2D eigenvalue weighted by molar-refractivity contribution is 6.27. The molecule has 8 heteroatoms. The number of hydrogen-bond donors (Lipinski definition) is 4. The number of aliphatic hydroxyl groups excluding tert-OH is 1. The smallest absolute Gasteiger partial charge is 0.414 e. The maximum atomic E-state index is 9.64. The first-order chi connectivity index (χ1) is 10.5. The molecule has 0 aliphatic heterocycles. The van der Waals surface area contributed by atoms with Crippen molar-refractivity contribution in [1.82, 2.24) is 5.32 Å². The molecule has 4 N–H and O–H groups in total. The maximum absolute atomic E-state index is 9.64. The minimum Gasteiger partial charge on any atom is -0.473 e. The van der Waals surface area contributed by atoms with Crippen molar-refractivity contribution in [3.8, 4) is 0 Å². The predicted molar refractivity (Wildman–Crippen MR) is 85.6 cm³/mol. The van der Waals surface area contributed by atoms with E-state index in [4.69, 9.17) is 29.3 Å². The summed E-state index contributed by atoms with van der Waals surface area (Å²) in [5, 5.41) is 27.6. The van der Waals surface area contributed by atoms with Crippen molar-refractivity contribution in [3.05, 3.63) is 0 Å². The molecule has 0 aromatic carbocycles. The van der Waals surface area contributed by atoms with Gasteiger partial charge in [-0.15, -0.1) is 0 Å². The Labute approximate surface area is 137 Å². The minimum absolute atomic E-state index is 0.188. The lowest BCUT2D eigenvalue weighted by Crippen LogP contribution is -2.34. The monoisotopic (exact) mass is 337 g/mol. The largest absolute Gasteiger partial charge is 0.473 e. The molecule has 0 radical (unpaired) electrons. The van der Waals surface area contributed by atoms with Gasteiger partial charge in [0, 0.05) is 13.2 Å². The van der Waals surface area contributed by atoms with Gasteiger partial charge in [0.25, 0.3) is 0 Å². The van der Waals surface area contributed by atoms with E-state index in [1.807, 2.05) is 34.6 Å². The Morgan fingerprint density at radius 1 is 1.13 bits per heavy atom. The second kappa shape index (κ2) is 13.2. The van der Waals surface area contributed by atoms with Gasteiger partial charge in [0.1, 0.15) is 0 Å². The Bertz CT molecular complexity index is 314. The lowest BCUT2D eigenvalue weighted by atomic mass is 10.2. The second-order valence-electron chi connectivity index (χ2n) is 6.16. The van der Waals surface area contributed by atoms with Crippen LogP contribution in [0.4, 0.5) is 0 Å². The average Bonchev–Trinajstić information content (AvgIpc) is 2.39. The zero-order chi connectivity index (χ0) is 18.5. The fourth-order valence-corrected chi connectivity index (χ4v) is 1.19. The van der Waals surface area contributed by atoms with Crippen molar-refractivity contribution in [1.29, 1.82) is 0 Å². The summed E-state index contributed by atoms with van der Waals surface area (Å²) in [4.78, 5) is 18.2. The van der Waals surface area contributed by atoms with Gasteiger partial charge in [-0.1, -0.05) is 0 Å². The quantitative estimate of drug-likeness (QED) is 0.358. The number of carboxylic acid groups (broad SMARTS) is 2. The molecule has 0 saturated carbocycles. The summed E-state index contributed by atoms with van der Waals surface area (Å²) in [6, 6.07) is 0. The van der Waals surface area contributed by atoms with Gasteiger partial charge in [0.15, 0.2) is 0 Å². The summed E-state index contributed by atoms with van der Waals surface area (Å²) in [6.07, 6.45) is 0.811. The number of aliphatic carboxylic acids is 2. The first-order valence-electron chi connectivity index (χ1n) is 7.56. The number of aliphatic hydroxyl groups is 1. The number of nitrogens with one attached hydrogen (secondary N) is 1. The molecule has 23 heavy (non-hydrogen) atoms. The van der Waals surface area contributed by atoms with Gasteiger partial charge in [-0.25, -0.2) is 9.59 Å². The van der Waals surface area contributed by atoms with Crippen LogP contribution in [-0.4, -0.2) is 71.4 Å². The summed E-state index contributed by atoms with van der Waals surface area (Å²) >= 11 is 0. The van der Waals surface area contributed by atoms with Crippen LogP contribution in [0.3, 0.4) is 0 Å². The van der Waals surface area contributed by atoms with Gasteiger partial charge in [0.2, 0.25) is 0 Å². The van der Waals surface area contributed by atoms with Crippen molar-refractivity contribution >= 4 is 11.9 Å². The molecule has 0 bridgehead atoms. The lowest BCUT2D eigenvalue weighted by Gasteiger charge is -2.22. The first kappa shape index (κ1) is 24.0. The molecule has 0 aromatic heterocycles. The molecule has 0 aliphatic rings. The van der Waals surface area contributed by atoms with Gasteiger partial charge in [-0.3, -0.25) is 0 Å². The van der Waals surface area contributed by atoms with Crippen molar-refractivity contribution in [2.45, 2.75) is 58.8 Å². The number of carboxylic acids is 2. The topological polar surface area (TPSA) is 125 Å². The second-order valence-corrected chi connectivity index (χ2v) is 6.16. The van der Waals surface area contributed by atoms with Crippen LogP contribution in [0.25, 0.3) is 0 Å². The Morgan fingerprint density at radius 2 is 1.65 bits per heavy atom. The van der Waals surface area contributed by atoms with Crippen LogP contribution in [0.1, 0.15) is 41.0 Å². The highest BCUT2D eigenvalue weighted by atomic mass is 16.5. The summed E-state index contributed by atoms with van der Waals surface area (Å²) in [7, 11) is 0. The molecule has 0 aromatic rings. The summed E-state index contributed by atoms with van der Waals surface area (Å²) in [6.45, 7) is 12.6. The highest BCUT2D eigenvalue weighted by Gasteiger charge is 2.13. The van der Waals surface area contributed by atoms with E-state index in [-0.39, 0.29) is 5.60 Å². The molecule has 0 fully saturated rings. The molecule has 0 aliphatic carbocycles. The molecule has 8 nitrogen and oxygen atoms in total. The lowest BCUT2D eigenvalue weighted by molar-refractivity contribution is -0.159. The molecular weight excluding hydrogens is 306 g/mol. The van der Waals surface area contributed by atoms with Crippen molar-refractivity contribution in [2.75, 3.05) is 26.3 Å². The molecule has 0 amide bonds. The van der Waals surface area contributed by atoms with Gasteiger partial charge in [-0.05, 0) is 47.6 Å². The summed E-state index contributed by atoms with van der Waals surface area (Å²) in [5.41, 5.74) is -0.188. The van der Waals surface area contributed by atoms with Crippen LogP contribution in [0, 0.1) is 0 Å². The third-order valence-corrected chi connectivity index (χ3v) is 2.22. The third kappa shape index (κ3) is 23.2. The summed E-state index contributed by atoms with van der Waals surface area (Å²) in [5.74, 6) is -3.65. The molecule has 1 unspecified atom stereocenters. The normalized spacial score (nSPS) is 12.5. The standard InChI is InChI=1S/C13H29NO3.C2H2O4/c1-11(2)16-8-6-7-14-9-12(15)10-17-13(3,4)5;3-1(4)2(5)6/h11-12,14-15H,6-10H2,1-5H3;(H,3,4)(H,5,6). The molecule has 1 atom stereocenters. The molecule has 0 spiro atoms. The first-order valence-corrected chi connectivity index (χ1v) is 7.56. The van der Waals surface area contributed by atoms with Gasteiger partial charge >= 0.3 is 11.9 Å². The van der Waals surface area contributed by atoms with Crippen molar-refractivity contribution in [2.24, 2.45) is 0 Å². The maximum Gasteiger partial charge on any atom is 0.414 e. The van der Waals surface area contributed by atoms with Crippen LogP contribution < -0.4 is 5.32 Å². The van der Waals surface area contributed by atoms with Crippen LogP contribution in [0.15, 0.2) is 0 Å². The van der Waals surface area contributed by atoms with Crippen LogP contribution in [-0.2, 0) is 19.1 Å². The van der Waals surface area contributed by atoms with Gasteiger partial charge in [-0.2, -0.15) is 0 Å². The minimum atomic E-state index is -1.82. The Hall–Kier alpha value is -1.22.